The molecular weight excluding hydrogens is 234 g/mol. The molecule has 0 saturated heterocycles. The van der Waals surface area contributed by atoms with Crippen LogP contribution in [0.15, 0.2) is 18.2 Å². The first-order valence-electron chi connectivity index (χ1n) is 7.52. The average molecular weight is 259 g/mol. The molecule has 2 N–H and O–H groups in total. The minimum Gasteiger partial charge on any atom is -0.399 e. The lowest BCUT2D eigenvalue weighted by Gasteiger charge is -2.26. The molecule has 1 aromatic carbocycles. The van der Waals surface area contributed by atoms with Crippen molar-refractivity contribution >= 4 is 5.69 Å². The first-order chi connectivity index (χ1) is 9.22. The predicted molar refractivity (Wildman–Crippen MR) is 79.9 cm³/mol. The molecule has 0 atom stereocenters. The fourth-order valence-corrected chi connectivity index (χ4v) is 3.47. The summed E-state index contributed by atoms with van der Waals surface area (Å²) in [5, 5.41) is 0. The Bertz CT molecular complexity index is 438. The van der Waals surface area contributed by atoms with Crippen LogP contribution in [0.4, 0.5) is 5.69 Å². The lowest BCUT2D eigenvalue weighted by molar-refractivity contribution is 0.191. The highest BCUT2D eigenvalue weighted by atomic mass is 15.2. The van der Waals surface area contributed by atoms with Gasteiger partial charge in [0.2, 0.25) is 0 Å². The highest BCUT2D eigenvalue weighted by Gasteiger charge is 2.22. The van der Waals surface area contributed by atoms with Crippen LogP contribution in [0.5, 0.6) is 0 Å². The quantitative estimate of drug-likeness (QED) is 0.843. The molecule has 19 heavy (non-hydrogen) atoms. The minimum absolute atomic E-state index is 0.834. The van der Waals surface area contributed by atoms with Gasteiger partial charge in [0, 0.05) is 37.9 Å². The Morgan fingerprint density at radius 1 is 1.21 bits per heavy atom. The van der Waals surface area contributed by atoms with E-state index in [1.807, 2.05) is 6.07 Å². The van der Waals surface area contributed by atoms with Crippen LogP contribution in [0.2, 0.25) is 0 Å². The third-order valence-electron chi connectivity index (χ3n) is 4.74. The summed E-state index contributed by atoms with van der Waals surface area (Å²) in [4.78, 5) is 5.10. The third kappa shape index (κ3) is 2.93. The summed E-state index contributed by atoms with van der Waals surface area (Å²) in [6.45, 7) is 4.52. The van der Waals surface area contributed by atoms with Crippen LogP contribution in [0.1, 0.15) is 36.8 Å². The molecule has 1 fully saturated rings. The number of fused-ring (bicyclic) bond motifs is 1. The number of anilines is 1. The summed E-state index contributed by atoms with van der Waals surface area (Å²) >= 11 is 0. The molecule has 0 spiro atoms. The van der Waals surface area contributed by atoms with E-state index in [1.165, 1.54) is 49.9 Å². The van der Waals surface area contributed by atoms with E-state index >= 15 is 0 Å². The second-order valence-electron chi connectivity index (χ2n) is 6.16. The number of likely N-dealkylation sites (N-methyl/N-ethyl adjacent to an activating group) is 1. The van der Waals surface area contributed by atoms with Gasteiger partial charge in [-0.2, -0.15) is 0 Å². The number of hydrogen-bond donors (Lipinski definition) is 1. The van der Waals surface area contributed by atoms with Crippen molar-refractivity contribution in [2.75, 3.05) is 25.9 Å². The Balaban J connectivity index is 1.50. The normalized spacial score (nSPS) is 20.3. The molecular formula is C16H25N3. The van der Waals surface area contributed by atoms with Gasteiger partial charge in [0.1, 0.15) is 0 Å². The zero-order chi connectivity index (χ0) is 13.2. The summed E-state index contributed by atoms with van der Waals surface area (Å²) in [5.41, 5.74) is 9.62. The number of rotatable bonds is 4. The van der Waals surface area contributed by atoms with E-state index in [1.54, 1.807) is 0 Å². The van der Waals surface area contributed by atoms with Crippen LogP contribution in [0.3, 0.4) is 0 Å². The van der Waals surface area contributed by atoms with Crippen LogP contribution in [0, 0.1) is 0 Å². The van der Waals surface area contributed by atoms with Gasteiger partial charge in [-0.15, -0.1) is 0 Å². The van der Waals surface area contributed by atoms with Gasteiger partial charge < -0.3 is 10.6 Å². The van der Waals surface area contributed by atoms with E-state index in [-0.39, 0.29) is 0 Å². The van der Waals surface area contributed by atoms with Gasteiger partial charge in [-0.05, 0) is 43.1 Å². The van der Waals surface area contributed by atoms with Crippen molar-refractivity contribution in [1.82, 2.24) is 9.80 Å². The second-order valence-corrected chi connectivity index (χ2v) is 6.16. The molecule has 1 heterocycles. The monoisotopic (exact) mass is 259 g/mol. The molecule has 1 aromatic rings. The van der Waals surface area contributed by atoms with E-state index < -0.39 is 0 Å². The lowest BCUT2D eigenvalue weighted by atomic mass is 10.1. The van der Waals surface area contributed by atoms with E-state index in [2.05, 4.69) is 29.0 Å². The summed E-state index contributed by atoms with van der Waals surface area (Å²) in [6.07, 6.45) is 5.63. The largest absolute Gasteiger partial charge is 0.399 e. The van der Waals surface area contributed by atoms with Gasteiger partial charge in [-0.25, -0.2) is 0 Å². The van der Waals surface area contributed by atoms with Crippen molar-refractivity contribution in [3.63, 3.8) is 0 Å². The topological polar surface area (TPSA) is 32.5 Å². The first-order valence-corrected chi connectivity index (χ1v) is 7.52. The van der Waals surface area contributed by atoms with Crippen molar-refractivity contribution in [3.8, 4) is 0 Å². The highest BCUT2D eigenvalue weighted by Crippen LogP contribution is 2.25. The Kier molecular flexibility index (Phi) is 3.76. The zero-order valence-electron chi connectivity index (χ0n) is 11.9. The fraction of sp³-hybridized carbons (Fsp3) is 0.625. The molecule has 3 rings (SSSR count). The Hall–Kier alpha value is -1.06. The van der Waals surface area contributed by atoms with Gasteiger partial charge in [0.15, 0.2) is 0 Å². The Labute approximate surface area is 116 Å². The summed E-state index contributed by atoms with van der Waals surface area (Å²) in [5.74, 6) is 0. The van der Waals surface area contributed by atoms with Crippen LogP contribution in [-0.4, -0.2) is 36.0 Å². The molecule has 3 nitrogen and oxygen atoms in total. The van der Waals surface area contributed by atoms with Gasteiger partial charge in [-0.3, -0.25) is 4.90 Å². The molecule has 3 heteroatoms. The first kappa shape index (κ1) is 12.9. The van der Waals surface area contributed by atoms with Crippen molar-refractivity contribution in [1.29, 1.82) is 0 Å². The van der Waals surface area contributed by atoms with Crippen molar-refractivity contribution in [2.24, 2.45) is 0 Å². The van der Waals surface area contributed by atoms with Crippen LogP contribution >= 0.6 is 0 Å². The number of nitrogens with zero attached hydrogens (tertiary/aromatic N) is 2. The van der Waals surface area contributed by atoms with Gasteiger partial charge in [0.05, 0.1) is 0 Å². The van der Waals surface area contributed by atoms with Gasteiger partial charge in [-0.1, -0.05) is 18.9 Å². The van der Waals surface area contributed by atoms with E-state index in [0.717, 1.165) is 24.8 Å². The fourth-order valence-electron chi connectivity index (χ4n) is 3.47. The average Bonchev–Trinajstić information content (AvgIpc) is 3.04. The number of benzene rings is 1. The molecule has 0 radical (unpaired) electrons. The van der Waals surface area contributed by atoms with Gasteiger partial charge >= 0.3 is 0 Å². The summed E-state index contributed by atoms with van der Waals surface area (Å²) in [7, 11) is 2.29. The molecule has 2 aliphatic rings. The molecule has 1 aliphatic heterocycles. The van der Waals surface area contributed by atoms with Crippen LogP contribution in [-0.2, 0) is 13.1 Å². The Morgan fingerprint density at radius 2 is 1.95 bits per heavy atom. The molecule has 0 unspecified atom stereocenters. The van der Waals surface area contributed by atoms with Crippen LogP contribution < -0.4 is 5.73 Å². The van der Waals surface area contributed by atoms with Crippen molar-refractivity contribution in [3.05, 3.63) is 29.3 Å². The van der Waals surface area contributed by atoms with E-state index in [4.69, 9.17) is 5.73 Å². The molecule has 0 amide bonds. The highest BCUT2D eigenvalue weighted by molar-refractivity contribution is 5.46. The maximum Gasteiger partial charge on any atom is 0.0317 e. The minimum atomic E-state index is 0.834. The second kappa shape index (κ2) is 5.51. The number of nitrogens with two attached hydrogens (primary N) is 1. The molecule has 0 bridgehead atoms. The predicted octanol–water partition coefficient (Wildman–Crippen LogP) is 2.46. The zero-order valence-corrected chi connectivity index (χ0v) is 11.9. The smallest absolute Gasteiger partial charge is 0.0317 e. The maximum absolute atomic E-state index is 5.85. The maximum atomic E-state index is 5.85. The SMILES string of the molecule is CN(CCN1Cc2ccc(N)cc2C1)C1CCCC1. The van der Waals surface area contributed by atoms with E-state index in [9.17, 15) is 0 Å². The third-order valence-corrected chi connectivity index (χ3v) is 4.74. The molecule has 104 valence electrons. The molecule has 1 aliphatic carbocycles. The van der Waals surface area contributed by atoms with Crippen molar-refractivity contribution < 1.29 is 0 Å². The summed E-state index contributed by atoms with van der Waals surface area (Å²) < 4.78 is 0. The van der Waals surface area contributed by atoms with E-state index in [0.29, 0.717) is 0 Å². The van der Waals surface area contributed by atoms with Gasteiger partial charge in [0.25, 0.3) is 0 Å². The Morgan fingerprint density at radius 3 is 2.74 bits per heavy atom. The summed E-state index contributed by atoms with van der Waals surface area (Å²) in [6, 6.07) is 7.18. The standard InChI is InChI=1S/C16H25N3/c1-18(16-4-2-3-5-16)8-9-19-11-13-6-7-15(17)10-14(13)12-19/h6-7,10,16H,2-5,8-9,11-12,17H2,1H3. The number of hydrogen-bond acceptors (Lipinski definition) is 3. The van der Waals surface area contributed by atoms with Crippen molar-refractivity contribution in [2.45, 2.75) is 44.8 Å². The molecule has 1 saturated carbocycles. The molecule has 0 aromatic heterocycles. The number of nitrogen functional groups attached to an aromatic ring is 1. The lowest BCUT2D eigenvalue weighted by Crippen LogP contribution is -2.35. The van der Waals surface area contributed by atoms with Crippen LogP contribution in [0.25, 0.3) is 0 Å².